The number of hydrogen-bond donors (Lipinski definition) is 1. The number of benzene rings is 3. The van der Waals surface area contributed by atoms with Crippen molar-refractivity contribution in [1.29, 1.82) is 0 Å². The fourth-order valence-electron chi connectivity index (χ4n) is 4.36. The lowest BCUT2D eigenvalue weighted by molar-refractivity contribution is 0.103. The molecule has 1 heterocycles. The van der Waals surface area contributed by atoms with Gasteiger partial charge in [0.25, 0.3) is 0 Å². The van der Waals surface area contributed by atoms with E-state index in [9.17, 15) is 4.79 Å². The van der Waals surface area contributed by atoms with Crippen molar-refractivity contribution in [2.24, 2.45) is 0 Å². The highest BCUT2D eigenvalue weighted by Crippen LogP contribution is 2.47. The van der Waals surface area contributed by atoms with Gasteiger partial charge in [0, 0.05) is 55.2 Å². The highest BCUT2D eigenvalue weighted by molar-refractivity contribution is 6.14. The van der Waals surface area contributed by atoms with Crippen LogP contribution in [0.3, 0.4) is 0 Å². The second-order valence-corrected chi connectivity index (χ2v) is 8.31. The largest absolute Gasteiger partial charge is 0.453 e. The summed E-state index contributed by atoms with van der Waals surface area (Å²) >= 11 is 0. The van der Waals surface area contributed by atoms with E-state index in [1.165, 1.54) is 0 Å². The van der Waals surface area contributed by atoms with Crippen LogP contribution in [0.15, 0.2) is 54.6 Å². The summed E-state index contributed by atoms with van der Waals surface area (Å²) in [4.78, 5) is 18.1. The van der Waals surface area contributed by atoms with Gasteiger partial charge < -0.3 is 19.9 Å². The van der Waals surface area contributed by atoms with Crippen molar-refractivity contribution in [2.75, 3.05) is 41.3 Å². The van der Waals surface area contributed by atoms with E-state index in [1.807, 2.05) is 49.4 Å². The summed E-state index contributed by atoms with van der Waals surface area (Å²) in [6, 6.07) is 18.0. The molecule has 172 valence electrons. The molecule has 1 aliphatic rings. The van der Waals surface area contributed by atoms with Crippen molar-refractivity contribution in [3.05, 3.63) is 71.3 Å². The van der Waals surface area contributed by atoms with E-state index in [-0.39, 0.29) is 5.78 Å². The molecule has 0 spiro atoms. The van der Waals surface area contributed by atoms with Gasteiger partial charge in [0.05, 0.1) is 16.9 Å². The first kappa shape index (κ1) is 22.7. The van der Waals surface area contributed by atoms with E-state index in [0.717, 1.165) is 60.2 Å². The van der Waals surface area contributed by atoms with Gasteiger partial charge in [0.2, 0.25) is 0 Å². The normalized spacial score (nSPS) is 11.7. The molecule has 33 heavy (non-hydrogen) atoms. The predicted molar refractivity (Wildman–Crippen MR) is 138 cm³/mol. The lowest BCUT2D eigenvalue weighted by atomic mass is 9.98. The first-order valence-electron chi connectivity index (χ1n) is 11.9. The van der Waals surface area contributed by atoms with Crippen molar-refractivity contribution in [3.63, 3.8) is 0 Å². The monoisotopic (exact) mass is 443 g/mol. The number of anilines is 4. The number of nitrogens with zero attached hydrogens (tertiary/aromatic N) is 2. The van der Waals surface area contributed by atoms with Crippen molar-refractivity contribution in [2.45, 2.75) is 34.6 Å². The average Bonchev–Trinajstić information content (AvgIpc) is 2.84. The number of rotatable bonds is 8. The van der Waals surface area contributed by atoms with Crippen LogP contribution in [0.2, 0.25) is 0 Å². The number of ketones is 1. The zero-order chi connectivity index (χ0) is 23.5. The van der Waals surface area contributed by atoms with Crippen LogP contribution in [-0.4, -0.2) is 32.0 Å². The first-order chi connectivity index (χ1) is 16.0. The third kappa shape index (κ3) is 4.40. The zero-order valence-corrected chi connectivity index (χ0v) is 20.2. The molecule has 0 aromatic heterocycles. The molecule has 0 bridgehead atoms. The zero-order valence-electron chi connectivity index (χ0n) is 20.2. The smallest absolute Gasteiger partial charge is 0.195 e. The Hall–Kier alpha value is -3.47. The van der Waals surface area contributed by atoms with Gasteiger partial charge in [-0.3, -0.25) is 4.79 Å². The summed E-state index contributed by atoms with van der Waals surface area (Å²) in [7, 11) is 0. The lowest BCUT2D eigenvalue weighted by Gasteiger charge is -2.29. The third-order valence-electron chi connectivity index (χ3n) is 6.35. The van der Waals surface area contributed by atoms with Crippen LogP contribution in [0.1, 0.15) is 49.2 Å². The van der Waals surface area contributed by atoms with Crippen LogP contribution >= 0.6 is 0 Å². The van der Waals surface area contributed by atoms with Gasteiger partial charge >= 0.3 is 0 Å². The van der Waals surface area contributed by atoms with Gasteiger partial charge in [-0.05, 0) is 52.8 Å². The van der Waals surface area contributed by atoms with Crippen molar-refractivity contribution in [3.8, 4) is 11.5 Å². The summed E-state index contributed by atoms with van der Waals surface area (Å²) < 4.78 is 6.41. The Balaban J connectivity index is 1.80. The molecule has 1 N–H and O–H groups in total. The molecule has 0 aliphatic carbocycles. The Labute approximate surface area is 197 Å². The van der Waals surface area contributed by atoms with Crippen LogP contribution in [-0.2, 0) is 0 Å². The number of hydrogen-bond acceptors (Lipinski definition) is 5. The lowest BCUT2D eigenvalue weighted by Crippen LogP contribution is -2.23. The summed E-state index contributed by atoms with van der Waals surface area (Å²) in [6.45, 7) is 14.1. The second kappa shape index (κ2) is 9.57. The average molecular weight is 444 g/mol. The molecule has 0 unspecified atom stereocenters. The van der Waals surface area contributed by atoms with Crippen LogP contribution < -0.4 is 19.9 Å². The number of aryl methyl sites for hydroxylation is 1. The Kier molecular flexibility index (Phi) is 6.59. The molecule has 0 radical (unpaired) electrons. The maximum Gasteiger partial charge on any atom is 0.195 e. The van der Waals surface area contributed by atoms with Crippen LogP contribution in [0, 0.1) is 6.92 Å². The van der Waals surface area contributed by atoms with E-state index < -0.39 is 0 Å². The molecule has 5 heteroatoms. The Morgan fingerprint density at radius 1 is 0.788 bits per heavy atom. The number of carbonyl (C=O) groups is 1. The van der Waals surface area contributed by atoms with Gasteiger partial charge in [0.1, 0.15) is 0 Å². The molecule has 3 aromatic carbocycles. The van der Waals surface area contributed by atoms with Gasteiger partial charge in [-0.25, -0.2) is 0 Å². The highest BCUT2D eigenvalue weighted by Gasteiger charge is 2.26. The number of ether oxygens (including phenoxy) is 1. The van der Waals surface area contributed by atoms with Crippen LogP contribution in [0.4, 0.5) is 22.7 Å². The standard InChI is InChI=1S/C28H33N3O2/c1-6-30(7-2)21-14-15-24-25(17-21)33-26-18-22(31(8-3)9-4)16-23(27(26)29-24)28(32)20-12-10-19(5)11-13-20/h10-18,29H,6-9H2,1-5H3. The number of fused-ring (bicyclic) bond motifs is 2. The molecule has 5 nitrogen and oxygen atoms in total. The minimum absolute atomic E-state index is 0.0143. The fraction of sp³-hybridized carbons (Fsp3) is 0.321. The summed E-state index contributed by atoms with van der Waals surface area (Å²) in [5.41, 5.74) is 6.12. The molecule has 0 amide bonds. The number of carbonyl (C=O) groups excluding carboxylic acids is 1. The summed E-state index contributed by atoms with van der Waals surface area (Å²) in [6.07, 6.45) is 0. The minimum atomic E-state index is -0.0143. The van der Waals surface area contributed by atoms with E-state index in [4.69, 9.17) is 4.74 Å². The quantitative estimate of drug-likeness (QED) is 0.305. The van der Waals surface area contributed by atoms with Crippen molar-refractivity contribution < 1.29 is 9.53 Å². The van der Waals surface area contributed by atoms with Crippen LogP contribution in [0.25, 0.3) is 0 Å². The second-order valence-electron chi connectivity index (χ2n) is 8.31. The molecule has 4 rings (SSSR count). The molecule has 0 atom stereocenters. The van der Waals surface area contributed by atoms with Gasteiger partial charge in [-0.2, -0.15) is 0 Å². The van der Waals surface area contributed by atoms with Crippen molar-refractivity contribution >= 4 is 28.5 Å². The summed E-state index contributed by atoms with van der Waals surface area (Å²) in [5.74, 6) is 1.44. The molecule has 1 aliphatic heterocycles. The Bertz CT molecular complexity index is 1150. The number of nitrogens with one attached hydrogen (secondary N) is 1. The summed E-state index contributed by atoms with van der Waals surface area (Å²) in [5, 5.41) is 3.49. The topological polar surface area (TPSA) is 44.8 Å². The molecule has 0 saturated heterocycles. The highest BCUT2D eigenvalue weighted by atomic mass is 16.5. The SMILES string of the molecule is CCN(CC)c1ccc2c(c1)Oc1cc(N(CC)CC)cc(C(=O)c3ccc(C)cc3)c1N2. The molecule has 3 aromatic rings. The first-order valence-corrected chi connectivity index (χ1v) is 11.9. The van der Waals surface area contributed by atoms with Crippen LogP contribution in [0.5, 0.6) is 11.5 Å². The Morgan fingerprint density at radius 3 is 2.03 bits per heavy atom. The minimum Gasteiger partial charge on any atom is -0.453 e. The predicted octanol–water partition coefficient (Wildman–Crippen LogP) is 6.77. The molecule has 0 fully saturated rings. The van der Waals surface area contributed by atoms with Gasteiger partial charge in [-0.15, -0.1) is 0 Å². The van der Waals surface area contributed by atoms with E-state index in [0.29, 0.717) is 16.9 Å². The van der Waals surface area contributed by atoms with E-state index in [2.05, 4.69) is 54.9 Å². The maximum atomic E-state index is 13.6. The Morgan fingerprint density at radius 2 is 1.39 bits per heavy atom. The van der Waals surface area contributed by atoms with Crippen molar-refractivity contribution in [1.82, 2.24) is 0 Å². The molecular formula is C28H33N3O2. The van der Waals surface area contributed by atoms with Gasteiger partial charge in [0.15, 0.2) is 17.3 Å². The third-order valence-corrected chi connectivity index (χ3v) is 6.35. The fourth-order valence-corrected chi connectivity index (χ4v) is 4.36. The van der Waals surface area contributed by atoms with E-state index in [1.54, 1.807) is 0 Å². The maximum absolute atomic E-state index is 13.6. The van der Waals surface area contributed by atoms with Gasteiger partial charge in [-0.1, -0.05) is 29.8 Å². The van der Waals surface area contributed by atoms with E-state index >= 15 is 0 Å². The molecular weight excluding hydrogens is 410 g/mol. The molecule has 0 saturated carbocycles.